The predicted octanol–water partition coefficient (Wildman–Crippen LogP) is 1.67. The van der Waals surface area contributed by atoms with E-state index in [9.17, 15) is 4.57 Å². The fourth-order valence-corrected chi connectivity index (χ4v) is 1.90. The van der Waals surface area contributed by atoms with Crippen molar-refractivity contribution in [3.8, 4) is 0 Å². The molecule has 18 heavy (non-hydrogen) atoms. The van der Waals surface area contributed by atoms with Crippen LogP contribution in [0.25, 0.3) is 0 Å². The van der Waals surface area contributed by atoms with E-state index in [1.807, 2.05) is 0 Å². The molecule has 0 unspecified atom stereocenters. The van der Waals surface area contributed by atoms with Crippen molar-refractivity contribution in [1.82, 2.24) is 0 Å². The van der Waals surface area contributed by atoms with E-state index in [0.717, 1.165) is 38.8 Å². The Morgan fingerprint density at radius 3 is 1.61 bits per heavy atom. The van der Waals surface area contributed by atoms with Crippen LogP contribution in [0.15, 0.2) is 0 Å². The molecule has 8 heteroatoms. The molecular weight excluding hydrogens is 507 g/mol. The van der Waals surface area contributed by atoms with Gasteiger partial charge >= 0.3 is 8.25 Å². The van der Waals surface area contributed by atoms with Gasteiger partial charge in [-0.3, -0.25) is 4.57 Å². The molecule has 1 aliphatic heterocycles. The second-order valence-electron chi connectivity index (χ2n) is 3.65. The van der Waals surface area contributed by atoms with Gasteiger partial charge in [0.2, 0.25) is 0 Å². The van der Waals surface area contributed by atoms with Gasteiger partial charge in [0, 0.05) is 76.9 Å². The average molecular weight is 532 g/mol. The molecular formula is C10H25LaN2O3PPr. The molecule has 1 aliphatic rings. The zero-order chi connectivity index (χ0) is 12.1. The van der Waals surface area contributed by atoms with Crippen LogP contribution >= 0.6 is 8.25 Å². The first-order chi connectivity index (χ1) is 7.81. The number of nitrogens with two attached hydrogens (primary N) is 2. The molecule has 0 atom stereocenters. The fourth-order valence-electron chi connectivity index (χ4n) is 1.20. The third-order valence-corrected chi connectivity index (χ3v) is 3.02. The Morgan fingerprint density at radius 1 is 0.889 bits per heavy atom. The van der Waals surface area contributed by atoms with E-state index in [-0.39, 0.29) is 76.9 Å². The number of hydrogen-bond acceptors (Lipinski definition) is 5. The molecule has 104 valence electrons. The van der Waals surface area contributed by atoms with E-state index >= 15 is 0 Å². The summed E-state index contributed by atoms with van der Waals surface area (Å²) >= 11 is 0. The topological polar surface area (TPSA) is 87.6 Å². The predicted molar refractivity (Wildman–Crippen MR) is 66.7 cm³/mol. The van der Waals surface area contributed by atoms with E-state index in [2.05, 4.69) is 0 Å². The van der Waals surface area contributed by atoms with Gasteiger partial charge in [0.05, 0.1) is 13.2 Å². The van der Waals surface area contributed by atoms with E-state index in [0.29, 0.717) is 13.2 Å². The zero-order valence-corrected chi connectivity index (χ0v) is 19.4. The minimum Gasteiger partial charge on any atom is -0.330 e. The summed E-state index contributed by atoms with van der Waals surface area (Å²) in [6.45, 7) is 2.84. The van der Waals surface area contributed by atoms with Crippen LogP contribution in [0.1, 0.15) is 38.5 Å². The van der Waals surface area contributed by atoms with Crippen molar-refractivity contribution >= 4 is 8.25 Å². The molecule has 5 nitrogen and oxygen atoms in total. The van der Waals surface area contributed by atoms with Gasteiger partial charge in [-0.15, -0.1) is 0 Å². The minimum absolute atomic E-state index is 0. The first-order valence-corrected chi connectivity index (χ1v) is 7.23. The van der Waals surface area contributed by atoms with Crippen LogP contribution in [0.4, 0.5) is 0 Å². The monoisotopic (exact) mass is 532 g/mol. The van der Waals surface area contributed by atoms with Crippen molar-refractivity contribution in [1.29, 1.82) is 0 Å². The quantitative estimate of drug-likeness (QED) is 0.416. The first kappa shape index (κ1) is 25.6. The van der Waals surface area contributed by atoms with Gasteiger partial charge in [0.25, 0.3) is 0 Å². The Balaban J connectivity index is -0.000000225. The van der Waals surface area contributed by atoms with Gasteiger partial charge in [-0.25, -0.2) is 0 Å². The van der Waals surface area contributed by atoms with E-state index in [1.54, 1.807) is 0 Å². The molecule has 0 aromatic carbocycles. The Morgan fingerprint density at radius 2 is 1.28 bits per heavy atom. The Labute approximate surface area is 172 Å². The van der Waals surface area contributed by atoms with Gasteiger partial charge in [-0.1, -0.05) is 12.8 Å². The van der Waals surface area contributed by atoms with Crippen LogP contribution in [0.3, 0.4) is 0 Å². The zero-order valence-electron chi connectivity index (χ0n) is 11.1. The molecule has 0 saturated carbocycles. The number of hydrogen-bond donors (Lipinski definition) is 2. The maximum absolute atomic E-state index is 10.4. The van der Waals surface area contributed by atoms with Gasteiger partial charge < -0.3 is 20.5 Å². The number of rotatable bonds is 5. The summed E-state index contributed by atoms with van der Waals surface area (Å²) in [4.78, 5) is 0. The standard InChI is InChI=1S/C6H16N2.C4H9O3P.La.Pr/c7-5-3-1-2-4-6-8;5-8-6-3-1-2-4-7-8;;/h1-8H2;8H,1-4H2;;. The van der Waals surface area contributed by atoms with Crippen molar-refractivity contribution in [2.24, 2.45) is 11.5 Å². The van der Waals surface area contributed by atoms with Gasteiger partial charge in [-0.2, -0.15) is 0 Å². The van der Waals surface area contributed by atoms with Gasteiger partial charge in [-0.05, 0) is 38.8 Å². The van der Waals surface area contributed by atoms with Crippen LogP contribution in [-0.4, -0.2) is 26.3 Å². The third kappa shape index (κ3) is 20.9. The summed E-state index contributed by atoms with van der Waals surface area (Å²) in [5.41, 5.74) is 10.6. The second kappa shape index (κ2) is 21.9. The van der Waals surface area contributed by atoms with E-state index in [4.69, 9.17) is 20.5 Å². The normalized spacial score (nSPS) is 15.4. The van der Waals surface area contributed by atoms with Crippen molar-refractivity contribution in [2.75, 3.05) is 26.3 Å². The molecule has 4 N–H and O–H groups in total. The molecule has 2 radical (unpaired) electrons. The summed E-state index contributed by atoms with van der Waals surface area (Å²) in [5.74, 6) is 0. The van der Waals surface area contributed by atoms with Crippen LogP contribution < -0.4 is 11.5 Å². The van der Waals surface area contributed by atoms with Gasteiger partial charge in [0.1, 0.15) is 0 Å². The molecule has 1 heterocycles. The summed E-state index contributed by atoms with van der Waals surface area (Å²) in [6.07, 6.45) is 6.73. The molecule has 0 spiro atoms. The van der Waals surface area contributed by atoms with E-state index in [1.165, 1.54) is 12.8 Å². The number of unbranched alkanes of at least 4 members (excludes halogenated alkanes) is 3. The maximum Gasteiger partial charge on any atom is 0.319 e. The molecule has 1 rings (SSSR count). The molecule has 0 amide bonds. The maximum atomic E-state index is 10.4. The first-order valence-electron chi connectivity index (χ1n) is 6.01. The molecule has 0 aromatic heterocycles. The molecule has 1 fully saturated rings. The van der Waals surface area contributed by atoms with Crippen molar-refractivity contribution in [3.05, 3.63) is 0 Å². The molecule has 1 saturated heterocycles. The minimum atomic E-state index is -2.08. The van der Waals surface area contributed by atoms with Crippen LogP contribution in [0.2, 0.25) is 0 Å². The van der Waals surface area contributed by atoms with Crippen LogP contribution in [-0.2, 0) is 13.6 Å². The van der Waals surface area contributed by atoms with Crippen molar-refractivity contribution < 1.29 is 90.5 Å². The largest absolute Gasteiger partial charge is 0.330 e. The van der Waals surface area contributed by atoms with E-state index < -0.39 is 8.25 Å². The average Bonchev–Trinajstić information content (AvgIpc) is 2.53. The Kier molecular flexibility index (Phi) is 31.1. The van der Waals surface area contributed by atoms with Crippen LogP contribution in [0.5, 0.6) is 0 Å². The van der Waals surface area contributed by atoms with Gasteiger partial charge in [0.15, 0.2) is 0 Å². The van der Waals surface area contributed by atoms with Crippen molar-refractivity contribution in [2.45, 2.75) is 38.5 Å². The molecule has 0 aliphatic carbocycles. The molecule has 0 aromatic rings. The smallest absolute Gasteiger partial charge is 0.319 e. The summed E-state index contributed by atoms with van der Waals surface area (Å²) in [7, 11) is -2.08. The summed E-state index contributed by atoms with van der Waals surface area (Å²) in [6, 6.07) is 0. The summed E-state index contributed by atoms with van der Waals surface area (Å²) in [5, 5.41) is 0. The fraction of sp³-hybridized carbons (Fsp3) is 1.00. The van der Waals surface area contributed by atoms with Crippen molar-refractivity contribution in [3.63, 3.8) is 0 Å². The summed E-state index contributed by atoms with van der Waals surface area (Å²) < 4.78 is 19.9. The Bertz CT molecular complexity index is 165. The third-order valence-electron chi connectivity index (χ3n) is 2.14. The molecule has 0 bridgehead atoms. The SMILES string of the molecule is NCCCCCCN.O=[PH]1OCCCCO1.[La].[Pr]. The Hall–Kier alpha value is 2.63. The van der Waals surface area contributed by atoms with Crippen LogP contribution in [0, 0.1) is 76.9 Å². The second-order valence-corrected chi connectivity index (χ2v) is 4.72.